The maximum absolute atomic E-state index is 12.2. The molecule has 0 heterocycles. The first-order chi connectivity index (χ1) is 14.0. The molecule has 8 heteroatoms. The van der Waals surface area contributed by atoms with Crippen LogP contribution in [-0.2, 0) is 6.61 Å². The summed E-state index contributed by atoms with van der Waals surface area (Å²) in [5.74, 6) is 0.167. The van der Waals surface area contributed by atoms with E-state index in [2.05, 4.69) is 10.6 Å². The molecule has 0 fully saturated rings. The number of nitrogens with zero attached hydrogens (tertiary/aromatic N) is 1. The molecular formula is C21H17N3O4S. The smallest absolute Gasteiger partial charge is 0.270 e. The molecule has 0 radical (unpaired) electrons. The van der Waals surface area contributed by atoms with Gasteiger partial charge in [0.2, 0.25) is 0 Å². The Kier molecular flexibility index (Phi) is 6.49. The highest BCUT2D eigenvalue weighted by atomic mass is 32.1. The summed E-state index contributed by atoms with van der Waals surface area (Å²) >= 11 is 5.14. The van der Waals surface area contributed by atoms with E-state index >= 15 is 0 Å². The third-order valence-corrected chi connectivity index (χ3v) is 4.11. The molecule has 0 saturated heterocycles. The fraction of sp³-hybridized carbons (Fsp3) is 0.0476. The minimum Gasteiger partial charge on any atom is -0.489 e. The summed E-state index contributed by atoms with van der Waals surface area (Å²) in [6.45, 7) is 0.464. The number of nitro groups is 1. The lowest BCUT2D eigenvalue weighted by Gasteiger charge is -2.11. The van der Waals surface area contributed by atoms with Gasteiger partial charge in [0.1, 0.15) is 12.4 Å². The number of carbonyl (C=O) groups is 1. The number of thiocarbonyl (C=S) groups is 1. The van der Waals surface area contributed by atoms with Crippen molar-refractivity contribution in [3.8, 4) is 5.75 Å². The SMILES string of the molecule is O=C(NC(=S)Nc1ccc(OCc2ccccc2)cc1)c1cccc([N+](=O)[O-])c1. The molecule has 0 spiro atoms. The number of non-ortho nitro benzene ring substituents is 1. The zero-order valence-corrected chi connectivity index (χ0v) is 16.0. The van der Waals surface area contributed by atoms with Crippen LogP contribution in [0.15, 0.2) is 78.9 Å². The van der Waals surface area contributed by atoms with Gasteiger partial charge in [0.05, 0.1) is 4.92 Å². The zero-order chi connectivity index (χ0) is 20.6. The normalized spacial score (nSPS) is 10.1. The number of ether oxygens (including phenoxy) is 1. The van der Waals surface area contributed by atoms with E-state index in [0.717, 1.165) is 5.56 Å². The highest BCUT2D eigenvalue weighted by Crippen LogP contribution is 2.17. The Hall–Kier alpha value is -3.78. The number of hydrogen-bond acceptors (Lipinski definition) is 5. The molecule has 3 aromatic carbocycles. The lowest BCUT2D eigenvalue weighted by Crippen LogP contribution is -2.34. The van der Waals surface area contributed by atoms with Gasteiger partial charge in [-0.2, -0.15) is 0 Å². The Bertz CT molecular complexity index is 1020. The third kappa shape index (κ3) is 5.85. The van der Waals surface area contributed by atoms with Crippen molar-refractivity contribution in [1.29, 1.82) is 0 Å². The largest absolute Gasteiger partial charge is 0.489 e. The predicted octanol–water partition coefficient (Wildman–Crippen LogP) is 4.30. The molecule has 3 rings (SSSR count). The van der Waals surface area contributed by atoms with Crippen LogP contribution in [0.5, 0.6) is 5.75 Å². The molecular weight excluding hydrogens is 390 g/mol. The summed E-state index contributed by atoms with van der Waals surface area (Å²) in [6.07, 6.45) is 0. The second kappa shape index (κ2) is 9.43. The first-order valence-electron chi connectivity index (χ1n) is 8.65. The first-order valence-corrected chi connectivity index (χ1v) is 9.06. The van der Waals surface area contributed by atoms with E-state index in [4.69, 9.17) is 17.0 Å². The molecule has 0 unspecified atom stereocenters. The topological polar surface area (TPSA) is 93.5 Å². The number of anilines is 1. The number of rotatable bonds is 6. The van der Waals surface area contributed by atoms with Crippen molar-refractivity contribution in [3.05, 3.63) is 100 Å². The van der Waals surface area contributed by atoms with Gasteiger partial charge >= 0.3 is 0 Å². The highest BCUT2D eigenvalue weighted by molar-refractivity contribution is 7.80. The van der Waals surface area contributed by atoms with E-state index in [1.165, 1.54) is 24.3 Å². The summed E-state index contributed by atoms with van der Waals surface area (Å²) in [7, 11) is 0. The van der Waals surface area contributed by atoms with Crippen molar-refractivity contribution in [2.24, 2.45) is 0 Å². The Morgan fingerprint density at radius 1 is 1.00 bits per heavy atom. The van der Waals surface area contributed by atoms with E-state index in [0.29, 0.717) is 18.0 Å². The van der Waals surface area contributed by atoms with Crippen molar-refractivity contribution in [3.63, 3.8) is 0 Å². The molecule has 0 atom stereocenters. The Labute approximate surface area is 172 Å². The molecule has 146 valence electrons. The van der Waals surface area contributed by atoms with Crippen LogP contribution in [0, 0.1) is 10.1 Å². The summed E-state index contributed by atoms with van der Waals surface area (Å²) in [6, 6.07) is 22.4. The summed E-state index contributed by atoms with van der Waals surface area (Å²) in [4.78, 5) is 22.5. The molecule has 29 heavy (non-hydrogen) atoms. The van der Waals surface area contributed by atoms with Crippen LogP contribution < -0.4 is 15.4 Å². The Morgan fingerprint density at radius 3 is 2.41 bits per heavy atom. The van der Waals surface area contributed by atoms with Gasteiger partial charge in [-0.1, -0.05) is 36.4 Å². The highest BCUT2D eigenvalue weighted by Gasteiger charge is 2.12. The number of benzene rings is 3. The molecule has 1 amide bonds. The molecule has 0 bridgehead atoms. The van der Waals surface area contributed by atoms with Gasteiger partial charge in [-0.15, -0.1) is 0 Å². The van der Waals surface area contributed by atoms with Crippen molar-refractivity contribution < 1.29 is 14.5 Å². The Morgan fingerprint density at radius 2 is 1.72 bits per heavy atom. The van der Waals surface area contributed by atoms with Gasteiger partial charge in [-0.3, -0.25) is 20.2 Å². The van der Waals surface area contributed by atoms with Crippen LogP contribution in [0.25, 0.3) is 0 Å². The van der Waals surface area contributed by atoms with Crippen molar-refractivity contribution >= 4 is 34.6 Å². The standard InChI is InChI=1S/C21H17N3O4S/c25-20(16-7-4-8-18(13-16)24(26)27)23-21(29)22-17-9-11-19(12-10-17)28-14-15-5-2-1-3-6-15/h1-13H,14H2,(H2,22,23,25,29). The number of hydrogen-bond donors (Lipinski definition) is 2. The monoisotopic (exact) mass is 407 g/mol. The third-order valence-electron chi connectivity index (χ3n) is 3.91. The van der Waals surface area contributed by atoms with E-state index in [1.807, 2.05) is 30.3 Å². The number of amides is 1. The van der Waals surface area contributed by atoms with Crippen LogP contribution in [0.1, 0.15) is 15.9 Å². The van der Waals surface area contributed by atoms with Crippen molar-refractivity contribution in [2.75, 3.05) is 5.32 Å². The van der Waals surface area contributed by atoms with Gasteiger partial charge in [-0.05, 0) is 48.1 Å². The quantitative estimate of drug-likeness (QED) is 0.359. The second-order valence-corrected chi connectivity index (χ2v) is 6.42. The minimum atomic E-state index is -0.561. The lowest BCUT2D eigenvalue weighted by atomic mass is 10.2. The van der Waals surface area contributed by atoms with E-state index in [9.17, 15) is 14.9 Å². The number of nitrogens with one attached hydrogen (secondary N) is 2. The molecule has 0 aliphatic heterocycles. The summed E-state index contributed by atoms with van der Waals surface area (Å²) in [5, 5.41) is 16.3. The molecule has 3 aromatic rings. The molecule has 7 nitrogen and oxygen atoms in total. The van der Waals surface area contributed by atoms with Gasteiger partial charge in [-0.25, -0.2) is 0 Å². The first kappa shape index (κ1) is 20.0. The van der Waals surface area contributed by atoms with Crippen molar-refractivity contribution in [1.82, 2.24) is 5.32 Å². The van der Waals surface area contributed by atoms with Crippen LogP contribution in [0.3, 0.4) is 0 Å². The van der Waals surface area contributed by atoms with Gasteiger partial charge in [0.15, 0.2) is 5.11 Å². The van der Waals surface area contributed by atoms with Crippen molar-refractivity contribution in [2.45, 2.75) is 6.61 Å². The Balaban J connectivity index is 1.53. The van der Waals surface area contributed by atoms with E-state index in [-0.39, 0.29) is 16.4 Å². The maximum Gasteiger partial charge on any atom is 0.270 e. The average molecular weight is 407 g/mol. The minimum absolute atomic E-state index is 0.0828. The van der Waals surface area contributed by atoms with Crippen LogP contribution in [0.2, 0.25) is 0 Å². The van der Waals surface area contributed by atoms with Crippen LogP contribution >= 0.6 is 12.2 Å². The van der Waals surface area contributed by atoms with Gasteiger partial charge in [0, 0.05) is 23.4 Å². The number of nitro benzene ring substituents is 1. The fourth-order valence-corrected chi connectivity index (χ4v) is 2.68. The molecule has 0 saturated carbocycles. The van der Waals surface area contributed by atoms with Crippen LogP contribution in [0.4, 0.5) is 11.4 Å². The average Bonchev–Trinajstić information content (AvgIpc) is 2.74. The van der Waals surface area contributed by atoms with E-state index < -0.39 is 10.8 Å². The maximum atomic E-state index is 12.2. The van der Waals surface area contributed by atoms with E-state index in [1.54, 1.807) is 24.3 Å². The molecule has 2 N–H and O–H groups in total. The molecule has 0 aliphatic carbocycles. The molecule has 0 aliphatic rings. The fourth-order valence-electron chi connectivity index (χ4n) is 2.47. The zero-order valence-electron chi connectivity index (χ0n) is 15.2. The second-order valence-electron chi connectivity index (χ2n) is 6.01. The van der Waals surface area contributed by atoms with Gasteiger partial charge in [0.25, 0.3) is 11.6 Å². The lowest BCUT2D eigenvalue weighted by molar-refractivity contribution is -0.384. The predicted molar refractivity (Wildman–Crippen MR) is 114 cm³/mol. The van der Waals surface area contributed by atoms with Gasteiger partial charge < -0.3 is 10.1 Å². The summed E-state index contributed by atoms with van der Waals surface area (Å²) in [5.41, 5.74) is 1.72. The summed E-state index contributed by atoms with van der Waals surface area (Å²) < 4.78 is 5.72. The van der Waals surface area contributed by atoms with Crippen LogP contribution in [-0.4, -0.2) is 15.9 Å². The molecule has 0 aromatic heterocycles. The number of carbonyl (C=O) groups excluding carboxylic acids is 1.